The summed E-state index contributed by atoms with van der Waals surface area (Å²) in [6.45, 7) is 1.14. The second kappa shape index (κ2) is 11.8. The van der Waals surface area contributed by atoms with Gasteiger partial charge < -0.3 is 29.2 Å². The number of benzene rings is 2. The van der Waals surface area contributed by atoms with Crippen molar-refractivity contribution in [2.75, 3.05) is 54.2 Å². The van der Waals surface area contributed by atoms with Crippen LogP contribution in [0.25, 0.3) is 0 Å². The molecule has 11 heteroatoms. The minimum absolute atomic E-state index is 0.0000274. The lowest BCUT2D eigenvalue weighted by Crippen LogP contribution is -2.60. The maximum atomic E-state index is 13.7. The van der Waals surface area contributed by atoms with Crippen molar-refractivity contribution in [2.24, 2.45) is 0 Å². The molecule has 0 saturated carbocycles. The van der Waals surface area contributed by atoms with Gasteiger partial charge in [0.1, 0.15) is 34.6 Å². The molecule has 2 aromatic carbocycles. The molecule has 1 atom stereocenters. The van der Waals surface area contributed by atoms with Gasteiger partial charge in [0.25, 0.3) is 11.8 Å². The number of likely N-dealkylation sites (tertiary alicyclic amines) is 1. The fourth-order valence-electron chi connectivity index (χ4n) is 4.97. The van der Waals surface area contributed by atoms with E-state index in [0.29, 0.717) is 23.7 Å². The van der Waals surface area contributed by atoms with Gasteiger partial charge in [0.15, 0.2) is 0 Å². The van der Waals surface area contributed by atoms with E-state index in [2.05, 4.69) is 5.32 Å². The average Bonchev–Trinajstić information content (AvgIpc) is 3.31. The van der Waals surface area contributed by atoms with Gasteiger partial charge in [-0.15, -0.1) is 0 Å². The molecule has 10 nitrogen and oxygen atoms in total. The van der Waals surface area contributed by atoms with Crippen LogP contribution in [0.2, 0.25) is 0 Å². The summed E-state index contributed by atoms with van der Waals surface area (Å²) in [6, 6.07) is 9.41. The number of halogens is 1. The van der Waals surface area contributed by atoms with E-state index in [-0.39, 0.29) is 56.5 Å². The van der Waals surface area contributed by atoms with E-state index in [0.717, 1.165) is 0 Å². The second-order valence-corrected chi connectivity index (χ2v) is 9.07. The zero-order valence-corrected chi connectivity index (χ0v) is 21.7. The lowest BCUT2D eigenvalue weighted by molar-refractivity contribution is -0.128. The minimum atomic E-state index is -1.10. The Kier molecular flexibility index (Phi) is 8.48. The molecule has 0 bridgehead atoms. The van der Waals surface area contributed by atoms with E-state index in [1.807, 2.05) is 0 Å². The van der Waals surface area contributed by atoms with E-state index in [9.17, 15) is 18.8 Å². The first kappa shape index (κ1) is 27.3. The quantitative estimate of drug-likeness (QED) is 0.522. The van der Waals surface area contributed by atoms with Gasteiger partial charge >= 0.3 is 0 Å². The van der Waals surface area contributed by atoms with Crippen molar-refractivity contribution in [3.05, 3.63) is 59.4 Å². The van der Waals surface area contributed by atoms with Crippen molar-refractivity contribution >= 4 is 17.7 Å². The molecule has 2 heterocycles. The van der Waals surface area contributed by atoms with Gasteiger partial charge in [0.2, 0.25) is 5.91 Å². The van der Waals surface area contributed by atoms with Gasteiger partial charge in [-0.3, -0.25) is 19.3 Å². The van der Waals surface area contributed by atoms with Crippen LogP contribution in [0.5, 0.6) is 11.5 Å². The summed E-state index contributed by atoms with van der Waals surface area (Å²) in [6.07, 6.45) is 0.565. The fourth-order valence-corrected chi connectivity index (χ4v) is 4.97. The van der Waals surface area contributed by atoms with Crippen LogP contribution in [0.3, 0.4) is 0 Å². The molecule has 0 aliphatic carbocycles. The third-order valence-electron chi connectivity index (χ3n) is 6.95. The number of hydrogen-bond donors (Lipinski definition) is 1. The minimum Gasteiger partial charge on any atom is -0.496 e. The molecule has 38 heavy (non-hydrogen) atoms. The Morgan fingerprint density at radius 1 is 1.00 bits per heavy atom. The molecule has 2 aromatic rings. The normalized spacial score (nSPS) is 18.4. The highest BCUT2D eigenvalue weighted by Crippen LogP contribution is 2.40. The molecule has 2 fully saturated rings. The number of piperidine rings is 1. The van der Waals surface area contributed by atoms with Crippen LogP contribution in [0.15, 0.2) is 42.5 Å². The number of rotatable bonds is 8. The number of nitrogens with zero attached hydrogens (tertiary/aromatic N) is 2. The third kappa shape index (κ3) is 5.30. The number of methoxy groups -OCH3 is 3. The Morgan fingerprint density at radius 2 is 1.63 bits per heavy atom. The topological polar surface area (TPSA) is 107 Å². The van der Waals surface area contributed by atoms with Crippen molar-refractivity contribution in [2.45, 2.75) is 24.6 Å². The van der Waals surface area contributed by atoms with Crippen LogP contribution >= 0.6 is 0 Å². The first-order valence-electron chi connectivity index (χ1n) is 12.4. The zero-order chi connectivity index (χ0) is 27.3. The van der Waals surface area contributed by atoms with Gasteiger partial charge in [-0.05, 0) is 36.4 Å². The molecular weight excluding hydrogens is 497 g/mol. The molecule has 0 radical (unpaired) electrons. The largest absolute Gasteiger partial charge is 0.496 e. The highest BCUT2D eigenvalue weighted by molar-refractivity contribution is 6.00. The maximum absolute atomic E-state index is 13.7. The number of nitrogens with one attached hydrogen (secondary N) is 1. The number of hydrogen-bond acceptors (Lipinski definition) is 7. The summed E-state index contributed by atoms with van der Waals surface area (Å²) < 4.78 is 35.5. The molecule has 1 N–H and O–H groups in total. The van der Waals surface area contributed by atoms with Gasteiger partial charge in [-0.1, -0.05) is 6.07 Å². The summed E-state index contributed by atoms with van der Waals surface area (Å²) in [4.78, 5) is 43.3. The van der Waals surface area contributed by atoms with E-state index in [4.69, 9.17) is 18.9 Å². The SMILES string of the molecule is COCCNC(=O)C1COC2(CCN(C(=O)c3c(OC)cccc3OC)CC2)N1C(=O)c1ccc(F)cc1. The number of carbonyl (C=O) groups is 3. The van der Waals surface area contributed by atoms with Crippen molar-refractivity contribution in [3.8, 4) is 11.5 Å². The summed E-state index contributed by atoms with van der Waals surface area (Å²) >= 11 is 0. The van der Waals surface area contributed by atoms with Crippen molar-refractivity contribution < 1.29 is 37.7 Å². The first-order valence-corrected chi connectivity index (χ1v) is 12.4. The predicted octanol–water partition coefficient (Wildman–Crippen LogP) is 2.08. The van der Waals surface area contributed by atoms with E-state index in [1.165, 1.54) is 50.5 Å². The summed E-state index contributed by atoms with van der Waals surface area (Å²) in [5.74, 6) is -0.758. The molecule has 204 valence electrons. The van der Waals surface area contributed by atoms with Crippen LogP contribution in [0.4, 0.5) is 4.39 Å². The number of carbonyl (C=O) groups excluding carboxylic acids is 3. The summed E-state index contributed by atoms with van der Waals surface area (Å²) in [7, 11) is 4.50. The first-order chi connectivity index (χ1) is 18.3. The zero-order valence-electron chi connectivity index (χ0n) is 21.7. The molecule has 2 aliphatic heterocycles. The molecular formula is C27H32FN3O7. The van der Waals surface area contributed by atoms with Gasteiger partial charge in [-0.2, -0.15) is 0 Å². The Morgan fingerprint density at radius 3 is 2.21 bits per heavy atom. The van der Waals surface area contributed by atoms with Gasteiger partial charge in [0, 0.05) is 45.1 Å². The van der Waals surface area contributed by atoms with E-state index in [1.54, 1.807) is 23.1 Å². The lowest BCUT2D eigenvalue weighted by atomic mass is 9.95. The Balaban J connectivity index is 1.58. The highest BCUT2D eigenvalue weighted by Gasteiger charge is 2.54. The van der Waals surface area contributed by atoms with Crippen LogP contribution < -0.4 is 14.8 Å². The smallest absolute Gasteiger partial charge is 0.261 e. The average molecular weight is 530 g/mol. The Bertz CT molecular complexity index is 1140. The second-order valence-electron chi connectivity index (χ2n) is 9.07. The monoisotopic (exact) mass is 529 g/mol. The summed E-state index contributed by atoms with van der Waals surface area (Å²) in [5, 5.41) is 2.78. The van der Waals surface area contributed by atoms with Gasteiger partial charge in [-0.25, -0.2) is 4.39 Å². The van der Waals surface area contributed by atoms with Crippen molar-refractivity contribution in [3.63, 3.8) is 0 Å². The predicted molar refractivity (Wildman–Crippen MR) is 135 cm³/mol. The van der Waals surface area contributed by atoms with Crippen molar-refractivity contribution in [1.82, 2.24) is 15.1 Å². The fraction of sp³-hybridized carbons (Fsp3) is 0.444. The summed E-state index contributed by atoms with van der Waals surface area (Å²) in [5.41, 5.74) is -0.547. The lowest BCUT2D eigenvalue weighted by Gasteiger charge is -2.44. The molecule has 1 unspecified atom stereocenters. The van der Waals surface area contributed by atoms with Crippen molar-refractivity contribution in [1.29, 1.82) is 0 Å². The standard InChI is InChI=1S/C27H32FN3O7/c1-35-16-13-29-24(32)20-17-38-27(31(20)25(33)18-7-9-19(28)10-8-18)11-14-30(15-12-27)26(34)23-21(36-2)5-4-6-22(23)37-3/h4-10,20H,11-17H2,1-3H3,(H,29,32). The van der Waals surface area contributed by atoms with Crippen LogP contribution in [-0.4, -0.2) is 93.5 Å². The number of ether oxygens (including phenoxy) is 4. The molecule has 0 aromatic heterocycles. The van der Waals surface area contributed by atoms with E-state index >= 15 is 0 Å². The van der Waals surface area contributed by atoms with Gasteiger partial charge in [0.05, 0.1) is 27.4 Å². The third-order valence-corrected chi connectivity index (χ3v) is 6.95. The maximum Gasteiger partial charge on any atom is 0.261 e. The Labute approximate surface area is 220 Å². The number of amides is 3. The molecule has 1 spiro atoms. The molecule has 4 rings (SSSR count). The van der Waals surface area contributed by atoms with Crippen LogP contribution in [0.1, 0.15) is 33.6 Å². The Hall–Kier alpha value is -3.70. The molecule has 3 amide bonds. The van der Waals surface area contributed by atoms with E-state index < -0.39 is 23.5 Å². The van der Waals surface area contributed by atoms with Crippen LogP contribution in [-0.2, 0) is 14.3 Å². The molecule has 2 saturated heterocycles. The molecule has 2 aliphatic rings. The highest BCUT2D eigenvalue weighted by atomic mass is 19.1. The van der Waals surface area contributed by atoms with Crippen LogP contribution in [0, 0.1) is 5.82 Å².